The molecule has 1 saturated heterocycles. The average Bonchev–Trinajstić information content (AvgIpc) is 3.20. The van der Waals surface area contributed by atoms with Gasteiger partial charge in [0, 0.05) is 25.3 Å². The molecule has 2 aromatic rings. The van der Waals surface area contributed by atoms with Gasteiger partial charge in [-0.15, -0.1) is 0 Å². The Kier molecular flexibility index (Phi) is 7.49. The first-order valence-corrected chi connectivity index (χ1v) is 12.2. The Morgan fingerprint density at radius 2 is 1.90 bits per heavy atom. The van der Waals surface area contributed by atoms with Gasteiger partial charge in [0.2, 0.25) is 10.0 Å². The molecule has 7 heteroatoms. The summed E-state index contributed by atoms with van der Waals surface area (Å²) in [6.45, 7) is 9.42. The summed E-state index contributed by atoms with van der Waals surface area (Å²) in [5.41, 5.74) is 2.32. The van der Waals surface area contributed by atoms with Crippen LogP contribution in [0.15, 0.2) is 41.6 Å². The van der Waals surface area contributed by atoms with E-state index in [4.69, 9.17) is 0 Å². The van der Waals surface area contributed by atoms with Gasteiger partial charge in [-0.3, -0.25) is 4.68 Å². The lowest BCUT2D eigenvalue weighted by molar-refractivity contribution is 0.260. The molecule has 29 heavy (non-hydrogen) atoms. The fourth-order valence-electron chi connectivity index (χ4n) is 3.90. The van der Waals surface area contributed by atoms with Crippen molar-refractivity contribution in [3.05, 3.63) is 47.8 Å². The fourth-order valence-corrected chi connectivity index (χ4v) is 5.62. The predicted molar refractivity (Wildman–Crippen MR) is 117 cm³/mol. The Labute approximate surface area is 175 Å². The molecule has 0 saturated carbocycles. The third-order valence-corrected chi connectivity index (χ3v) is 7.69. The molecule has 0 bridgehead atoms. The van der Waals surface area contributed by atoms with Crippen molar-refractivity contribution >= 4 is 10.0 Å². The SMILES string of the molecule is CCn1cc(CCCN(C2CCNCC2)S(=O)(=O)c2ccc(C(C)C)cc2)cn1. The summed E-state index contributed by atoms with van der Waals surface area (Å²) in [5, 5.41) is 7.66. The maximum absolute atomic E-state index is 13.5. The van der Waals surface area contributed by atoms with Crippen LogP contribution in [0.1, 0.15) is 57.1 Å². The van der Waals surface area contributed by atoms with Crippen LogP contribution in [0.2, 0.25) is 0 Å². The maximum atomic E-state index is 13.5. The Morgan fingerprint density at radius 3 is 2.48 bits per heavy atom. The van der Waals surface area contributed by atoms with Gasteiger partial charge < -0.3 is 5.32 Å². The molecule has 2 heterocycles. The van der Waals surface area contributed by atoms with Crippen LogP contribution >= 0.6 is 0 Å². The van der Waals surface area contributed by atoms with Gasteiger partial charge in [0.05, 0.1) is 11.1 Å². The lowest BCUT2D eigenvalue weighted by Gasteiger charge is -2.34. The highest BCUT2D eigenvalue weighted by molar-refractivity contribution is 7.89. The number of hydrogen-bond acceptors (Lipinski definition) is 4. The number of nitrogens with zero attached hydrogens (tertiary/aromatic N) is 3. The van der Waals surface area contributed by atoms with Crippen LogP contribution in [0.25, 0.3) is 0 Å². The lowest BCUT2D eigenvalue weighted by Crippen LogP contribution is -2.46. The van der Waals surface area contributed by atoms with Crippen molar-refractivity contribution in [3.8, 4) is 0 Å². The maximum Gasteiger partial charge on any atom is 0.243 e. The monoisotopic (exact) mass is 418 g/mol. The van der Waals surface area contributed by atoms with E-state index >= 15 is 0 Å². The van der Waals surface area contributed by atoms with E-state index in [9.17, 15) is 8.42 Å². The normalized spacial score (nSPS) is 16.0. The van der Waals surface area contributed by atoms with Crippen molar-refractivity contribution < 1.29 is 8.42 Å². The molecular formula is C22H34N4O2S. The highest BCUT2D eigenvalue weighted by Gasteiger charge is 2.32. The topological polar surface area (TPSA) is 67.2 Å². The van der Waals surface area contributed by atoms with Crippen LogP contribution in [0.5, 0.6) is 0 Å². The molecule has 0 unspecified atom stereocenters. The van der Waals surface area contributed by atoms with Crippen LogP contribution < -0.4 is 5.32 Å². The molecule has 0 spiro atoms. The Bertz CT molecular complexity index is 868. The van der Waals surface area contributed by atoms with E-state index in [0.717, 1.165) is 56.4 Å². The summed E-state index contributed by atoms with van der Waals surface area (Å²) in [6.07, 6.45) is 7.28. The minimum atomic E-state index is -3.51. The van der Waals surface area contributed by atoms with Gasteiger partial charge in [0.15, 0.2) is 0 Å². The van der Waals surface area contributed by atoms with E-state index < -0.39 is 10.0 Å². The summed E-state index contributed by atoms with van der Waals surface area (Å²) >= 11 is 0. The van der Waals surface area contributed by atoms with Gasteiger partial charge in [0.25, 0.3) is 0 Å². The minimum Gasteiger partial charge on any atom is -0.317 e. The fraction of sp³-hybridized carbons (Fsp3) is 0.591. The van der Waals surface area contributed by atoms with Crippen molar-refractivity contribution in [3.63, 3.8) is 0 Å². The van der Waals surface area contributed by atoms with Crippen molar-refractivity contribution in [1.82, 2.24) is 19.4 Å². The minimum absolute atomic E-state index is 0.0596. The molecule has 1 aliphatic heterocycles. The summed E-state index contributed by atoms with van der Waals surface area (Å²) in [5.74, 6) is 0.385. The predicted octanol–water partition coefficient (Wildman–Crippen LogP) is 3.40. The van der Waals surface area contributed by atoms with E-state index in [1.807, 2.05) is 29.2 Å². The van der Waals surface area contributed by atoms with Crippen LogP contribution in [-0.4, -0.2) is 48.2 Å². The first-order valence-electron chi connectivity index (χ1n) is 10.8. The summed E-state index contributed by atoms with van der Waals surface area (Å²) in [7, 11) is -3.51. The largest absolute Gasteiger partial charge is 0.317 e. The molecule has 1 aliphatic rings. The van der Waals surface area contributed by atoms with Crippen LogP contribution in [-0.2, 0) is 23.0 Å². The van der Waals surface area contributed by atoms with Crippen LogP contribution in [0, 0.1) is 0 Å². The van der Waals surface area contributed by atoms with E-state index in [-0.39, 0.29) is 6.04 Å². The second-order valence-electron chi connectivity index (χ2n) is 8.13. The van der Waals surface area contributed by atoms with E-state index in [1.165, 1.54) is 0 Å². The zero-order chi connectivity index (χ0) is 20.9. The molecule has 6 nitrogen and oxygen atoms in total. The lowest BCUT2D eigenvalue weighted by atomic mass is 10.0. The van der Waals surface area contributed by atoms with E-state index in [0.29, 0.717) is 17.4 Å². The van der Waals surface area contributed by atoms with Crippen molar-refractivity contribution in [1.29, 1.82) is 0 Å². The van der Waals surface area contributed by atoms with Gasteiger partial charge in [-0.2, -0.15) is 9.40 Å². The molecule has 0 aliphatic carbocycles. The molecule has 3 rings (SSSR count). The number of benzene rings is 1. The van der Waals surface area contributed by atoms with Gasteiger partial charge >= 0.3 is 0 Å². The number of hydrogen-bond donors (Lipinski definition) is 1. The highest BCUT2D eigenvalue weighted by atomic mass is 32.2. The van der Waals surface area contributed by atoms with Crippen molar-refractivity contribution in [2.24, 2.45) is 0 Å². The first-order chi connectivity index (χ1) is 13.9. The summed E-state index contributed by atoms with van der Waals surface area (Å²) in [6, 6.07) is 7.48. The third kappa shape index (κ3) is 5.47. The zero-order valence-corrected chi connectivity index (χ0v) is 18.7. The van der Waals surface area contributed by atoms with Gasteiger partial charge in [-0.25, -0.2) is 8.42 Å². The van der Waals surface area contributed by atoms with Gasteiger partial charge in [-0.1, -0.05) is 26.0 Å². The van der Waals surface area contributed by atoms with Crippen molar-refractivity contribution in [2.45, 2.75) is 69.9 Å². The molecule has 1 N–H and O–H groups in total. The molecule has 1 fully saturated rings. The standard InChI is InChI=1S/C22H34N4O2S/c1-4-25-17-19(16-24-25)6-5-15-26(21-11-13-23-14-12-21)29(27,28)22-9-7-20(8-10-22)18(2)3/h7-10,16-18,21,23H,4-6,11-15H2,1-3H3. The quantitative estimate of drug-likeness (QED) is 0.678. The Hall–Kier alpha value is -1.70. The van der Waals surface area contributed by atoms with Crippen molar-refractivity contribution in [2.75, 3.05) is 19.6 Å². The van der Waals surface area contributed by atoms with E-state index in [1.54, 1.807) is 16.4 Å². The average molecular weight is 419 g/mol. The smallest absolute Gasteiger partial charge is 0.243 e. The van der Waals surface area contributed by atoms with E-state index in [2.05, 4.69) is 31.2 Å². The molecule has 1 aromatic carbocycles. The number of sulfonamides is 1. The first kappa shape index (κ1) is 22.0. The number of rotatable bonds is 9. The number of nitrogens with one attached hydrogen (secondary N) is 1. The number of aromatic nitrogens is 2. The highest BCUT2D eigenvalue weighted by Crippen LogP contribution is 2.25. The number of piperidine rings is 1. The molecule has 0 atom stereocenters. The van der Waals surface area contributed by atoms with Crippen LogP contribution in [0.3, 0.4) is 0 Å². The zero-order valence-electron chi connectivity index (χ0n) is 17.8. The third-order valence-electron chi connectivity index (χ3n) is 5.72. The second-order valence-corrected chi connectivity index (χ2v) is 10.0. The second kappa shape index (κ2) is 9.87. The van der Waals surface area contributed by atoms with Gasteiger partial charge in [0.1, 0.15) is 0 Å². The summed E-state index contributed by atoms with van der Waals surface area (Å²) < 4.78 is 30.7. The molecule has 1 aromatic heterocycles. The Balaban J connectivity index is 1.76. The van der Waals surface area contributed by atoms with Gasteiger partial charge in [-0.05, 0) is 74.9 Å². The summed E-state index contributed by atoms with van der Waals surface area (Å²) in [4.78, 5) is 0.402. The molecule has 160 valence electrons. The van der Waals surface area contributed by atoms with Crippen LogP contribution in [0.4, 0.5) is 0 Å². The Morgan fingerprint density at radius 1 is 1.21 bits per heavy atom. The molecule has 0 radical (unpaired) electrons. The molecular weight excluding hydrogens is 384 g/mol. The molecule has 0 amide bonds. The number of aryl methyl sites for hydroxylation is 2.